The molecule has 6 nitrogen and oxygen atoms in total. The molecular weight excluding hydrogens is 404 g/mol. The van der Waals surface area contributed by atoms with E-state index >= 15 is 0 Å². The summed E-state index contributed by atoms with van der Waals surface area (Å²) in [5.41, 5.74) is 3.32. The molecule has 2 heterocycles. The highest BCUT2D eigenvalue weighted by Gasteiger charge is 2.31. The molecule has 1 amide bonds. The zero-order valence-corrected chi connectivity index (χ0v) is 16.5. The van der Waals surface area contributed by atoms with Crippen LogP contribution >= 0.6 is 0 Å². The van der Waals surface area contributed by atoms with Crippen LogP contribution in [-0.4, -0.2) is 15.5 Å². The van der Waals surface area contributed by atoms with Gasteiger partial charge in [0, 0.05) is 24.4 Å². The number of aryl methyl sites for hydroxylation is 1. The second kappa shape index (κ2) is 7.16. The average molecular weight is 421 g/mol. The van der Waals surface area contributed by atoms with Crippen molar-refractivity contribution in [1.82, 2.24) is 9.55 Å². The monoisotopic (exact) mass is 421 g/mol. The Morgan fingerprint density at radius 3 is 2.52 bits per heavy atom. The van der Waals surface area contributed by atoms with E-state index in [1.807, 2.05) is 12.1 Å². The van der Waals surface area contributed by atoms with E-state index < -0.39 is 28.9 Å². The Balaban J connectivity index is 1.48. The van der Waals surface area contributed by atoms with Crippen molar-refractivity contribution in [1.29, 1.82) is 0 Å². The maximum atomic E-state index is 13.8. The minimum atomic E-state index is -0.944. The SMILES string of the molecule is Cn1c(=O)oc2c(C3CC3)c(-c3ccc(NC(=O)c4c(F)cccc4F)nc3)ccc21. The number of hydrogen-bond donors (Lipinski definition) is 1. The number of carbonyl (C=O) groups excluding carboxylic acids is 1. The molecule has 1 aliphatic rings. The lowest BCUT2D eigenvalue weighted by molar-refractivity contribution is 0.101. The Morgan fingerprint density at radius 2 is 1.87 bits per heavy atom. The van der Waals surface area contributed by atoms with Gasteiger partial charge >= 0.3 is 5.76 Å². The predicted octanol–water partition coefficient (Wildman–Crippen LogP) is 4.60. The first kappa shape index (κ1) is 19.2. The Hall–Kier alpha value is -3.81. The highest BCUT2D eigenvalue weighted by atomic mass is 19.1. The van der Waals surface area contributed by atoms with Crippen LogP contribution in [0.15, 0.2) is 57.9 Å². The van der Waals surface area contributed by atoms with Crippen molar-refractivity contribution in [3.8, 4) is 11.1 Å². The van der Waals surface area contributed by atoms with E-state index in [9.17, 15) is 18.4 Å². The third-order valence-corrected chi connectivity index (χ3v) is 5.49. The van der Waals surface area contributed by atoms with Crippen LogP contribution in [0, 0.1) is 11.6 Å². The lowest BCUT2D eigenvalue weighted by Crippen LogP contribution is -2.16. The van der Waals surface area contributed by atoms with E-state index in [2.05, 4.69) is 10.3 Å². The second-order valence-corrected chi connectivity index (χ2v) is 7.56. The van der Waals surface area contributed by atoms with Gasteiger partial charge in [0.05, 0.1) is 5.52 Å². The summed E-state index contributed by atoms with van der Waals surface area (Å²) >= 11 is 0. The number of fused-ring (bicyclic) bond motifs is 1. The molecule has 1 aliphatic carbocycles. The average Bonchev–Trinajstić information content (AvgIpc) is 3.54. The largest absolute Gasteiger partial charge is 0.419 e. The summed E-state index contributed by atoms with van der Waals surface area (Å²) in [5, 5.41) is 2.42. The minimum absolute atomic E-state index is 0.164. The molecule has 156 valence electrons. The predicted molar refractivity (Wildman–Crippen MR) is 111 cm³/mol. The normalized spacial score (nSPS) is 13.5. The number of pyridine rings is 1. The van der Waals surface area contributed by atoms with Crippen molar-refractivity contribution < 1.29 is 18.0 Å². The van der Waals surface area contributed by atoms with Crippen LogP contribution in [0.1, 0.15) is 34.7 Å². The first-order chi connectivity index (χ1) is 14.9. The van der Waals surface area contributed by atoms with E-state index in [-0.39, 0.29) is 5.82 Å². The highest BCUT2D eigenvalue weighted by Crippen LogP contribution is 2.47. The van der Waals surface area contributed by atoms with Crippen LogP contribution < -0.4 is 11.1 Å². The Bertz CT molecular complexity index is 1370. The molecule has 1 saturated carbocycles. The molecule has 8 heteroatoms. The summed E-state index contributed by atoms with van der Waals surface area (Å²) in [7, 11) is 1.67. The van der Waals surface area contributed by atoms with E-state index in [4.69, 9.17) is 4.42 Å². The fourth-order valence-electron chi connectivity index (χ4n) is 3.76. The number of nitrogens with one attached hydrogen (secondary N) is 1. The third-order valence-electron chi connectivity index (χ3n) is 5.49. The van der Waals surface area contributed by atoms with E-state index in [1.54, 1.807) is 25.4 Å². The van der Waals surface area contributed by atoms with Crippen LogP contribution in [0.25, 0.3) is 22.2 Å². The molecule has 2 aromatic carbocycles. The standard InChI is InChI=1S/C23H17F2N3O3/c1-28-17-9-8-14(19(12-5-6-12)21(17)31-23(28)30)13-7-10-18(26-11-13)27-22(29)20-15(24)3-2-4-16(20)25/h2-4,7-12H,5-6H2,1H3,(H,26,27,29). The number of anilines is 1. The Morgan fingerprint density at radius 1 is 1.13 bits per heavy atom. The summed E-state index contributed by atoms with van der Waals surface area (Å²) in [5.74, 6) is -2.74. The van der Waals surface area contributed by atoms with Gasteiger partial charge in [-0.3, -0.25) is 9.36 Å². The van der Waals surface area contributed by atoms with Crippen molar-refractivity contribution in [2.24, 2.45) is 7.05 Å². The highest BCUT2D eigenvalue weighted by molar-refractivity contribution is 6.04. The number of amides is 1. The van der Waals surface area contributed by atoms with Gasteiger partial charge < -0.3 is 9.73 Å². The lowest BCUT2D eigenvalue weighted by Gasteiger charge is -2.11. The summed E-state index contributed by atoms with van der Waals surface area (Å²) in [6.45, 7) is 0. The van der Waals surface area contributed by atoms with Crippen LogP contribution in [0.4, 0.5) is 14.6 Å². The van der Waals surface area contributed by atoms with Gasteiger partial charge in [-0.05, 0) is 54.7 Å². The molecule has 0 aliphatic heterocycles. The van der Waals surface area contributed by atoms with E-state index in [1.165, 1.54) is 10.6 Å². The van der Waals surface area contributed by atoms with Gasteiger partial charge in [0.1, 0.15) is 23.0 Å². The van der Waals surface area contributed by atoms with E-state index in [0.29, 0.717) is 11.5 Å². The molecule has 0 unspecified atom stereocenters. The van der Waals surface area contributed by atoms with Crippen LogP contribution in [-0.2, 0) is 7.05 Å². The van der Waals surface area contributed by atoms with Crippen molar-refractivity contribution in [3.05, 3.63) is 82.0 Å². The van der Waals surface area contributed by atoms with Crippen LogP contribution in [0.2, 0.25) is 0 Å². The first-order valence-corrected chi connectivity index (χ1v) is 9.78. The molecule has 0 radical (unpaired) electrons. The first-order valence-electron chi connectivity index (χ1n) is 9.78. The molecule has 1 N–H and O–H groups in total. The summed E-state index contributed by atoms with van der Waals surface area (Å²) in [6.07, 6.45) is 3.60. The van der Waals surface area contributed by atoms with Gasteiger partial charge in [0.25, 0.3) is 5.91 Å². The maximum absolute atomic E-state index is 13.8. The number of aromatic nitrogens is 2. The zero-order valence-electron chi connectivity index (χ0n) is 16.5. The van der Waals surface area contributed by atoms with Gasteiger partial charge in [0.15, 0.2) is 5.58 Å². The van der Waals surface area contributed by atoms with Crippen LogP contribution in [0.3, 0.4) is 0 Å². The maximum Gasteiger partial charge on any atom is 0.419 e. The molecule has 1 fully saturated rings. The smallest absolute Gasteiger partial charge is 0.407 e. The quantitative estimate of drug-likeness (QED) is 0.522. The number of benzene rings is 2. The molecule has 4 aromatic rings. The molecule has 2 aromatic heterocycles. The van der Waals surface area contributed by atoms with Gasteiger partial charge in [-0.1, -0.05) is 12.1 Å². The molecular formula is C23H17F2N3O3. The second-order valence-electron chi connectivity index (χ2n) is 7.56. The fourth-order valence-corrected chi connectivity index (χ4v) is 3.76. The van der Waals surface area contributed by atoms with Gasteiger partial charge in [-0.25, -0.2) is 18.6 Å². The topological polar surface area (TPSA) is 77.1 Å². The summed E-state index contributed by atoms with van der Waals surface area (Å²) < 4.78 is 34.6. The number of carbonyl (C=O) groups is 1. The number of oxazole rings is 1. The zero-order chi connectivity index (χ0) is 21.7. The van der Waals surface area contributed by atoms with Gasteiger partial charge in [-0.2, -0.15) is 0 Å². The third kappa shape index (κ3) is 3.30. The minimum Gasteiger partial charge on any atom is -0.407 e. The molecule has 31 heavy (non-hydrogen) atoms. The number of hydrogen-bond acceptors (Lipinski definition) is 4. The van der Waals surface area contributed by atoms with E-state index in [0.717, 1.165) is 47.2 Å². The molecule has 0 atom stereocenters. The number of nitrogens with zero attached hydrogens (tertiary/aromatic N) is 2. The molecule has 0 spiro atoms. The molecule has 5 rings (SSSR count). The lowest BCUT2D eigenvalue weighted by atomic mass is 9.96. The van der Waals surface area contributed by atoms with Gasteiger partial charge in [-0.15, -0.1) is 0 Å². The number of rotatable bonds is 4. The number of halogens is 2. The Labute approximate surface area is 175 Å². The van der Waals surface area contributed by atoms with Crippen molar-refractivity contribution in [3.63, 3.8) is 0 Å². The van der Waals surface area contributed by atoms with Crippen molar-refractivity contribution in [2.45, 2.75) is 18.8 Å². The van der Waals surface area contributed by atoms with Crippen molar-refractivity contribution >= 4 is 22.8 Å². The molecule has 0 saturated heterocycles. The van der Waals surface area contributed by atoms with Crippen LogP contribution in [0.5, 0.6) is 0 Å². The molecule has 0 bridgehead atoms. The van der Waals surface area contributed by atoms with Crippen molar-refractivity contribution in [2.75, 3.05) is 5.32 Å². The van der Waals surface area contributed by atoms with Gasteiger partial charge in [0.2, 0.25) is 0 Å². The fraction of sp³-hybridized carbons (Fsp3) is 0.174. The summed E-state index contributed by atoms with van der Waals surface area (Å²) in [4.78, 5) is 28.5. The Kier molecular flexibility index (Phi) is 4.43. The summed E-state index contributed by atoms with van der Waals surface area (Å²) in [6, 6.07) is 10.3.